The second kappa shape index (κ2) is 11.8. The van der Waals surface area contributed by atoms with Gasteiger partial charge in [-0.3, -0.25) is 9.59 Å². The van der Waals surface area contributed by atoms with E-state index in [1.165, 1.54) is 21.3 Å². The van der Waals surface area contributed by atoms with Crippen LogP contribution in [0.3, 0.4) is 0 Å². The number of methoxy groups -OCH3 is 5. The standard InChI is InChI=1S/C29H32N2O7/c1-34-21-10-6-18(7-11-21)27-23(14-15-26(32)31(27)20-8-12-22(35-2)13-9-20)29(33)30-19-16-24(36-3)28(38-5)25(17-19)37-4/h6-13,16-17,23,27H,14-15H2,1-5H3,(H,30,33)/t23-,27+/m1/s1. The molecule has 1 aliphatic rings. The highest BCUT2D eigenvalue weighted by atomic mass is 16.5. The van der Waals surface area contributed by atoms with Crippen molar-refractivity contribution in [1.29, 1.82) is 0 Å². The van der Waals surface area contributed by atoms with E-state index in [-0.39, 0.29) is 18.2 Å². The van der Waals surface area contributed by atoms with Gasteiger partial charge >= 0.3 is 0 Å². The van der Waals surface area contributed by atoms with Crippen molar-refractivity contribution in [3.63, 3.8) is 0 Å². The molecule has 38 heavy (non-hydrogen) atoms. The summed E-state index contributed by atoms with van der Waals surface area (Å²) in [5.41, 5.74) is 1.99. The summed E-state index contributed by atoms with van der Waals surface area (Å²) in [4.78, 5) is 28.8. The highest BCUT2D eigenvalue weighted by Gasteiger charge is 2.41. The molecule has 4 rings (SSSR count). The van der Waals surface area contributed by atoms with Crippen molar-refractivity contribution in [1.82, 2.24) is 0 Å². The van der Waals surface area contributed by atoms with Crippen LogP contribution in [0.15, 0.2) is 60.7 Å². The lowest BCUT2D eigenvalue weighted by molar-refractivity contribution is -0.125. The quantitative estimate of drug-likeness (QED) is 0.431. The zero-order valence-electron chi connectivity index (χ0n) is 22.1. The van der Waals surface area contributed by atoms with Gasteiger partial charge in [0.25, 0.3) is 0 Å². The van der Waals surface area contributed by atoms with E-state index in [0.717, 1.165) is 5.56 Å². The summed E-state index contributed by atoms with van der Waals surface area (Å²) in [6.07, 6.45) is 0.616. The maximum atomic E-state index is 13.8. The molecule has 2 atom stereocenters. The summed E-state index contributed by atoms with van der Waals surface area (Å²) in [6, 6.07) is 17.5. The zero-order chi connectivity index (χ0) is 27.2. The van der Waals surface area contributed by atoms with Crippen LogP contribution in [-0.2, 0) is 9.59 Å². The van der Waals surface area contributed by atoms with Crippen LogP contribution < -0.4 is 33.9 Å². The summed E-state index contributed by atoms with van der Waals surface area (Å²) >= 11 is 0. The van der Waals surface area contributed by atoms with Gasteiger partial charge in [0.1, 0.15) is 11.5 Å². The average molecular weight is 521 g/mol. The van der Waals surface area contributed by atoms with Gasteiger partial charge in [0.2, 0.25) is 17.6 Å². The molecule has 0 aliphatic carbocycles. The number of carbonyl (C=O) groups excluding carboxylic acids is 2. The Morgan fingerprint density at radius 1 is 0.789 bits per heavy atom. The van der Waals surface area contributed by atoms with E-state index in [1.807, 2.05) is 36.4 Å². The van der Waals surface area contributed by atoms with Crippen molar-refractivity contribution in [2.45, 2.75) is 18.9 Å². The van der Waals surface area contributed by atoms with Crippen molar-refractivity contribution in [2.75, 3.05) is 45.8 Å². The van der Waals surface area contributed by atoms with Crippen LogP contribution in [0.5, 0.6) is 28.7 Å². The number of nitrogens with zero attached hydrogens (tertiary/aromatic N) is 1. The third-order valence-electron chi connectivity index (χ3n) is 6.67. The first-order chi connectivity index (χ1) is 18.4. The summed E-state index contributed by atoms with van der Waals surface area (Å²) in [7, 11) is 7.73. The molecule has 9 nitrogen and oxygen atoms in total. The Balaban J connectivity index is 1.73. The largest absolute Gasteiger partial charge is 0.497 e. The van der Waals surface area contributed by atoms with E-state index in [0.29, 0.717) is 46.5 Å². The lowest BCUT2D eigenvalue weighted by Crippen LogP contribution is -2.46. The first kappa shape index (κ1) is 26.7. The van der Waals surface area contributed by atoms with E-state index < -0.39 is 12.0 Å². The molecule has 200 valence electrons. The molecule has 0 saturated carbocycles. The number of anilines is 2. The molecule has 1 N–H and O–H groups in total. The molecule has 3 aromatic rings. The van der Waals surface area contributed by atoms with Gasteiger partial charge in [0.15, 0.2) is 11.5 Å². The lowest BCUT2D eigenvalue weighted by atomic mass is 9.83. The Morgan fingerprint density at radius 2 is 1.34 bits per heavy atom. The summed E-state index contributed by atoms with van der Waals surface area (Å²) in [6.45, 7) is 0. The number of hydrogen-bond donors (Lipinski definition) is 1. The van der Waals surface area contributed by atoms with Crippen molar-refractivity contribution in [3.8, 4) is 28.7 Å². The van der Waals surface area contributed by atoms with Gasteiger partial charge in [-0.05, 0) is 48.4 Å². The number of nitrogens with one attached hydrogen (secondary N) is 1. The van der Waals surface area contributed by atoms with Gasteiger partial charge in [-0.25, -0.2) is 0 Å². The molecular weight excluding hydrogens is 488 g/mol. The van der Waals surface area contributed by atoms with Crippen molar-refractivity contribution in [2.24, 2.45) is 5.92 Å². The van der Waals surface area contributed by atoms with Gasteiger partial charge in [-0.15, -0.1) is 0 Å². The molecule has 1 heterocycles. The van der Waals surface area contributed by atoms with E-state index in [2.05, 4.69) is 5.32 Å². The molecule has 1 fully saturated rings. The van der Waals surface area contributed by atoms with Crippen LogP contribution >= 0.6 is 0 Å². The molecule has 1 aliphatic heterocycles. The molecule has 3 aromatic carbocycles. The fourth-order valence-electron chi connectivity index (χ4n) is 4.78. The van der Waals surface area contributed by atoms with Crippen LogP contribution in [0, 0.1) is 5.92 Å². The smallest absolute Gasteiger partial charge is 0.229 e. The second-order valence-electron chi connectivity index (χ2n) is 8.73. The number of piperidine rings is 1. The monoisotopic (exact) mass is 520 g/mol. The third-order valence-corrected chi connectivity index (χ3v) is 6.67. The van der Waals surface area contributed by atoms with Gasteiger partial charge in [-0.2, -0.15) is 0 Å². The minimum atomic E-state index is -0.544. The van der Waals surface area contributed by atoms with Gasteiger partial charge in [0, 0.05) is 29.9 Å². The number of ether oxygens (including phenoxy) is 5. The molecule has 9 heteroatoms. The van der Waals surface area contributed by atoms with Crippen LogP contribution in [0.25, 0.3) is 0 Å². The summed E-state index contributed by atoms with van der Waals surface area (Å²) in [5, 5.41) is 3.00. The Morgan fingerprint density at radius 3 is 1.84 bits per heavy atom. The molecular formula is C29H32N2O7. The highest BCUT2D eigenvalue weighted by molar-refractivity contribution is 6.00. The average Bonchev–Trinajstić information content (AvgIpc) is 2.96. The van der Waals surface area contributed by atoms with Crippen molar-refractivity contribution >= 4 is 23.2 Å². The van der Waals surface area contributed by atoms with E-state index >= 15 is 0 Å². The van der Waals surface area contributed by atoms with Gasteiger partial charge < -0.3 is 33.9 Å². The predicted octanol–water partition coefficient (Wildman–Crippen LogP) is 4.85. The molecule has 0 bridgehead atoms. The molecule has 2 amide bonds. The Hall–Kier alpha value is -4.40. The fraction of sp³-hybridized carbons (Fsp3) is 0.310. The van der Waals surface area contributed by atoms with Crippen LogP contribution in [0.1, 0.15) is 24.4 Å². The first-order valence-corrected chi connectivity index (χ1v) is 12.1. The normalized spacial score (nSPS) is 17.0. The molecule has 0 spiro atoms. The van der Waals surface area contributed by atoms with E-state index in [4.69, 9.17) is 23.7 Å². The maximum absolute atomic E-state index is 13.8. The van der Waals surface area contributed by atoms with Gasteiger partial charge in [-0.1, -0.05) is 12.1 Å². The number of amides is 2. The topological polar surface area (TPSA) is 95.6 Å². The predicted molar refractivity (Wildman–Crippen MR) is 144 cm³/mol. The number of rotatable bonds is 9. The SMILES string of the molecule is COc1ccc([C@H]2[C@H](C(=O)Nc3cc(OC)c(OC)c(OC)c3)CCC(=O)N2c2ccc(OC)cc2)cc1. The minimum absolute atomic E-state index is 0.0622. The number of benzene rings is 3. The van der Waals surface area contributed by atoms with Crippen LogP contribution in [0.2, 0.25) is 0 Å². The van der Waals surface area contributed by atoms with Crippen molar-refractivity contribution < 1.29 is 33.3 Å². The molecule has 1 saturated heterocycles. The van der Waals surface area contributed by atoms with E-state index in [9.17, 15) is 9.59 Å². The number of hydrogen-bond acceptors (Lipinski definition) is 7. The fourth-order valence-corrected chi connectivity index (χ4v) is 4.78. The van der Waals surface area contributed by atoms with Crippen molar-refractivity contribution in [3.05, 3.63) is 66.2 Å². The maximum Gasteiger partial charge on any atom is 0.229 e. The number of carbonyl (C=O) groups is 2. The van der Waals surface area contributed by atoms with Gasteiger partial charge in [0.05, 0.1) is 47.5 Å². The second-order valence-corrected chi connectivity index (χ2v) is 8.73. The van der Waals surface area contributed by atoms with E-state index in [1.54, 1.807) is 43.4 Å². The summed E-state index contributed by atoms with van der Waals surface area (Å²) in [5.74, 6) is 1.81. The zero-order valence-corrected chi connectivity index (χ0v) is 22.1. The Bertz CT molecular complexity index is 1250. The Labute approximate surface area is 222 Å². The highest BCUT2D eigenvalue weighted by Crippen LogP contribution is 2.43. The lowest BCUT2D eigenvalue weighted by Gasteiger charge is -2.41. The molecule has 0 aromatic heterocycles. The minimum Gasteiger partial charge on any atom is -0.497 e. The Kier molecular flexibility index (Phi) is 8.25. The van der Waals surface area contributed by atoms with Crippen LogP contribution in [0.4, 0.5) is 11.4 Å². The third kappa shape index (κ3) is 5.32. The first-order valence-electron chi connectivity index (χ1n) is 12.1. The van der Waals surface area contributed by atoms with Crippen LogP contribution in [-0.4, -0.2) is 47.4 Å². The summed E-state index contributed by atoms with van der Waals surface area (Å²) < 4.78 is 26.9. The molecule has 0 radical (unpaired) electrons. The molecule has 0 unspecified atom stereocenters.